The van der Waals surface area contributed by atoms with Gasteiger partial charge in [0.1, 0.15) is 5.76 Å². The molecule has 1 saturated heterocycles. The van der Waals surface area contributed by atoms with Crippen LogP contribution in [0, 0.1) is 11.3 Å². The minimum absolute atomic E-state index is 0.113. The molecular formula is C12H20N2O3. The highest BCUT2D eigenvalue weighted by Crippen LogP contribution is 2.43. The van der Waals surface area contributed by atoms with Gasteiger partial charge in [-0.1, -0.05) is 20.8 Å². The Bertz CT molecular complexity index is 363. The molecule has 5 heteroatoms. The summed E-state index contributed by atoms with van der Waals surface area (Å²) in [6, 6.07) is 0. The number of carbonyl (C=O) groups is 1. The second kappa shape index (κ2) is 3.99. The Morgan fingerprint density at radius 3 is 2.82 bits per heavy atom. The normalized spacial score (nSPS) is 29.4. The quantitative estimate of drug-likeness (QED) is 0.643. The van der Waals surface area contributed by atoms with Gasteiger partial charge in [-0.05, 0) is 0 Å². The molecule has 1 fully saturated rings. The lowest BCUT2D eigenvalue weighted by atomic mass is 9.87. The number of quaternary nitrogens is 1. The van der Waals surface area contributed by atoms with E-state index in [4.69, 9.17) is 4.74 Å². The third kappa shape index (κ3) is 1.83. The predicted molar refractivity (Wildman–Crippen MR) is 58.9 cm³/mol. The van der Waals surface area contributed by atoms with Crippen LogP contribution in [0.3, 0.4) is 0 Å². The molecule has 0 saturated carbocycles. The Morgan fingerprint density at radius 1 is 1.65 bits per heavy atom. The number of amides is 1. The number of rotatable bonds is 4. The fourth-order valence-corrected chi connectivity index (χ4v) is 2.40. The van der Waals surface area contributed by atoms with Crippen LogP contribution in [0.5, 0.6) is 0 Å². The molecule has 3 N–H and O–H groups in total. The van der Waals surface area contributed by atoms with E-state index >= 15 is 0 Å². The zero-order valence-corrected chi connectivity index (χ0v) is 10.6. The largest absolute Gasteiger partial charge is 0.851 e. The lowest BCUT2D eigenvalue weighted by molar-refractivity contribution is -0.434. The van der Waals surface area contributed by atoms with Gasteiger partial charge in [-0.15, -0.1) is 6.10 Å². The van der Waals surface area contributed by atoms with Gasteiger partial charge in [0.15, 0.2) is 6.23 Å². The molecule has 5 nitrogen and oxygen atoms in total. The lowest BCUT2D eigenvalue weighted by Gasteiger charge is -2.45. The van der Waals surface area contributed by atoms with Gasteiger partial charge in [-0.25, -0.2) is 0 Å². The van der Waals surface area contributed by atoms with Crippen LogP contribution in [-0.4, -0.2) is 29.7 Å². The monoisotopic (exact) mass is 240 g/mol. The van der Waals surface area contributed by atoms with Crippen molar-refractivity contribution >= 4 is 5.91 Å². The molecule has 2 heterocycles. The molecule has 0 aliphatic carbocycles. The van der Waals surface area contributed by atoms with Crippen LogP contribution in [-0.2, 0) is 9.53 Å². The lowest BCUT2D eigenvalue weighted by Crippen LogP contribution is -2.63. The van der Waals surface area contributed by atoms with Gasteiger partial charge in [-0.3, -0.25) is 9.69 Å². The Kier molecular flexibility index (Phi) is 2.91. The van der Waals surface area contributed by atoms with Gasteiger partial charge in [0, 0.05) is 18.0 Å². The zero-order chi connectivity index (χ0) is 12.8. The number of fused-ring (bicyclic) bond motifs is 1. The van der Waals surface area contributed by atoms with Crippen molar-refractivity contribution < 1.29 is 20.4 Å². The maximum absolute atomic E-state index is 11.7. The molecule has 0 spiro atoms. The molecule has 2 unspecified atom stereocenters. The average molecular weight is 240 g/mol. The third-order valence-electron chi connectivity index (χ3n) is 3.60. The van der Waals surface area contributed by atoms with Gasteiger partial charge >= 0.3 is 0 Å². The SMILES string of the molecule is C[C@@H]([O-])C1C(=O)N2C=C(C(C)(C)CC[NH3+])OC12. The molecule has 96 valence electrons. The van der Waals surface area contributed by atoms with Crippen LogP contribution >= 0.6 is 0 Å². The zero-order valence-electron chi connectivity index (χ0n) is 10.6. The second-order valence-corrected chi connectivity index (χ2v) is 5.47. The first kappa shape index (κ1) is 12.4. The molecular weight excluding hydrogens is 220 g/mol. The van der Waals surface area contributed by atoms with E-state index < -0.39 is 12.0 Å². The molecule has 0 aromatic rings. The van der Waals surface area contributed by atoms with Crippen molar-refractivity contribution in [1.82, 2.24) is 4.90 Å². The summed E-state index contributed by atoms with van der Waals surface area (Å²) in [4.78, 5) is 13.2. The van der Waals surface area contributed by atoms with Crippen LogP contribution in [0.25, 0.3) is 0 Å². The van der Waals surface area contributed by atoms with Gasteiger partial charge in [-0.2, -0.15) is 0 Å². The number of allylic oxidation sites excluding steroid dienone is 1. The van der Waals surface area contributed by atoms with Crippen molar-refractivity contribution in [2.24, 2.45) is 11.3 Å². The summed E-state index contributed by atoms with van der Waals surface area (Å²) in [5.74, 6) is 0.153. The first-order valence-corrected chi connectivity index (χ1v) is 6.04. The highest BCUT2D eigenvalue weighted by molar-refractivity contribution is 5.87. The Balaban J connectivity index is 2.10. The van der Waals surface area contributed by atoms with E-state index in [1.54, 1.807) is 11.1 Å². The highest BCUT2D eigenvalue weighted by Gasteiger charge is 2.53. The molecule has 0 aromatic heterocycles. The maximum atomic E-state index is 11.7. The van der Waals surface area contributed by atoms with Gasteiger partial charge in [0.2, 0.25) is 5.91 Å². The first-order valence-electron chi connectivity index (χ1n) is 6.04. The third-order valence-corrected chi connectivity index (χ3v) is 3.60. The minimum atomic E-state index is -0.910. The van der Waals surface area contributed by atoms with Crippen LogP contribution < -0.4 is 10.8 Å². The second-order valence-electron chi connectivity index (χ2n) is 5.47. The summed E-state index contributed by atoms with van der Waals surface area (Å²) in [6.45, 7) is 6.46. The van der Waals surface area contributed by atoms with Gasteiger partial charge in [0.25, 0.3) is 0 Å². The topological polar surface area (TPSA) is 80.2 Å². The summed E-state index contributed by atoms with van der Waals surface area (Å²) >= 11 is 0. The minimum Gasteiger partial charge on any atom is -0.851 e. The molecule has 17 heavy (non-hydrogen) atoms. The van der Waals surface area contributed by atoms with Crippen LogP contribution in [0.4, 0.5) is 0 Å². The fourth-order valence-electron chi connectivity index (χ4n) is 2.40. The number of hydrogen-bond donors (Lipinski definition) is 1. The smallest absolute Gasteiger partial charge is 0.237 e. The number of β-lactam (4-membered cyclic amide) rings is 1. The summed E-state index contributed by atoms with van der Waals surface area (Å²) in [6.07, 6.45) is 1.37. The van der Waals surface area contributed by atoms with E-state index in [9.17, 15) is 9.90 Å². The van der Waals surface area contributed by atoms with E-state index in [-0.39, 0.29) is 17.6 Å². The summed E-state index contributed by atoms with van der Waals surface area (Å²) in [7, 11) is 0. The highest BCUT2D eigenvalue weighted by atomic mass is 16.5. The number of carbonyl (C=O) groups excluding carboxylic acids is 1. The van der Waals surface area contributed by atoms with Crippen molar-refractivity contribution in [1.29, 1.82) is 0 Å². The van der Waals surface area contributed by atoms with E-state index in [0.717, 1.165) is 18.7 Å². The summed E-state index contributed by atoms with van der Waals surface area (Å²) in [5.41, 5.74) is 3.71. The molecule has 0 radical (unpaired) electrons. The molecule has 2 rings (SSSR count). The van der Waals surface area contributed by atoms with Crippen molar-refractivity contribution in [2.75, 3.05) is 6.54 Å². The Morgan fingerprint density at radius 2 is 2.29 bits per heavy atom. The molecule has 2 aliphatic rings. The Hall–Kier alpha value is -1.07. The number of hydrogen-bond acceptors (Lipinski definition) is 3. The van der Waals surface area contributed by atoms with E-state index in [1.165, 1.54) is 6.92 Å². The molecule has 2 aliphatic heterocycles. The van der Waals surface area contributed by atoms with Crippen molar-refractivity contribution in [3.8, 4) is 0 Å². The van der Waals surface area contributed by atoms with Crippen molar-refractivity contribution in [3.05, 3.63) is 12.0 Å². The van der Waals surface area contributed by atoms with Crippen LogP contribution in [0.1, 0.15) is 27.2 Å². The molecule has 3 atom stereocenters. The van der Waals surface area contributed by atoms with E-state index in [1.807, 2.05) is 0 Å². The number of nitrogens with zero attached hydrogens (tertiary/aromatic N) is 1. The predicted octanol–water partition coefficient (Wildman–Crippen LogP) is -0.950. The van der Waals surface area contributed by atoms with E-state index in [0.29, 0.717) is 0 Å². The van der Waals surface area contributed by atoms with Crippen molar-refractivity contribution in [2.45, 2.75) is 39.5 Å². The van der Waals surface area contributed by atoms with Crippen LogP contribution in [0.15, 0.2) is 12.0 Å². The average Bonchev–Trinajstić information content (AvgIpc) is 2.57. The molecule has 0 aromatic carbocycles. The van der Waals surface area contributed by atoms with E-state index in [2.05, 4.69) is 19.6 Å². The van der Waals surface area contributed by atoms with Gasteiger partial charge < -0.3 is 15.6 Å². The van der Waals surface area contributed by atoms with Crippen molar-refractivity contribution in [3.63, 3.8) is 0 Å². The summed E-state index contributed by atoms with van der Waals surface area (Å²) < 4.78 is 5.76. The first-order chi connectivity index (χ1) is 7.88. The fraction of sp³-hybridized carbons (Fsp3) is 0.750. The molecule has 1 amide bonds. The Labute approximate surface area is 101 Å². The van der Waals surface area contributed by atoms with Crippen LogP contribution in [0.2, 0.25) is 0 Å². The standard InChI is InChI=1S/C12H19N2O3/c1-7(15)9-10(16)14-6-8(17-11(9)14)12(2,3)4-5-13/h6-7,9,11H,4-5,13H2,1-3H3/q-1/p+1/t7-,9?,11?/m1/s1. The number of ether oxygens (including phenoxy) is 1. The molecule has 0 bridgehead atoms. The summed E-state index contributed by atoms with van der Waals surface area (Å²) in [5, 5.41) is 11.4. The maximum Gasteiger partial charge on any atom is 0.237 e. The van der Waals surface area contributed by atoms with Gasteiger partial charge in [0.05, 0.1) is 12.5 Å².